The first kappa shape index (κ1) is 19.0. The summed E-state index contributed by atoms with van der Waals surface area (Å²) in [5.74, 6) is 0.668. The Bertz CT molecular complexity index is 1330. The van der Waals surface area contributed by atoms with E-state index in [0.29, 0.717) is 11.8 Å². The lowest BCUT2D eigenvalue weighted by atomic mass is 9.81. The summed E-state index contributed by atoms with van der Waals surface area (Å²) < 4.78 is 22.0. The van der Waals surface area contributed by atoms with Crippen molar-refractivity contribution in [1.29, 1.82) is 0 Å². The van der Waals surface area contributed by atoms with Crippen LogP contribution in [-0.2, 0) is 12.8 Å². The molecule has 6 rings (SSSR count). The van der Waals surface area contributed by atoms with Gasteiger partial charge in [0, 0.05) is 22.9 Å². The third kappa shape index (κ3) is 2.83. The standard InChI is InChI=1S/C26H23FN4O/c1-15-21-22(16-11-13-17(27)14-12-16)23-24(28)19-9-5-6-10-20(19)29-25(23)32-26(21)31(30-15)18-7-3-2-4-8-18/h2-4,7-8,11-14,22H,5-6,9-10H2,1H3,(H2,28,29). The van der Waals surface area contributed by atoms with E-state index in [1.807, 2.05) is 54.1 Å². The summed E-state index contributed by atoms with van der Waals surface area (Å²) in [6.07, 6.45) is 4.04. The number of para-hydroxylation sites is 1. The lowest BCUT2D eigenvalue weighted by molar-refractivity contribution is 0.401. The van der Waals surface area contributed by atoms with Crippen LogP contribution in [0.5, 0.6) is 11.8 Å². The van der Waals surface area contributed by atoms with E-state index in [1.54, 1.807) is 0 Å². The number of benzene rings is 2. The molecule has 2 aromatic carbocycles. The number of ether oxygens (including phenoxy) is 1. The van der Waals surface area contributed by atoms with Gasteiger partial charge in [-0.15, -0.1) is 0 Å². The predicted molar refractivity (Wildman–Crippen MR) is 121 cm³/mol. The summed E-state index contributed by atoms with van der Waals surface area (Å²) in [5, 5.41) is 4.82. The summed E-state index contributed by atoms with van der Waals surface area (Å²) in [4.78, 5) is 4.93. The fourth-order valence-electron chi connectivity index (χ4n) is 5.04. The number of nitrogen functional groups attached to an aromatic ring is 1. The maximum absolute atomic E-state index is 13.8. The first-order valence-electron chi connectivity index (χ1n) is 11.0. The van der Waals surface area contributed by atoms with Crippen LogP contribution in [0.4, 0.5) is 10.1 Å². The maximum atomic E-state index is 13.8. The van der Waals surface area contributed by atoms with Crippen molar-refractivity contribution >= 4 is 5.69 Å². The van der Waals surface area contributed by atoms with Crippen molar-refractivity contribution in [2.45, 2.75) is 38.5 Å². The summed E-state index contributed by atoms with van der Waals surface area (Å²) in [5.41, 5.74) is 14.2. The number of anilines is 1. The van der Waals surface area contributed by atoms with E-state index < -0.39 is 0 Å². The molecule has 4 aromatic rings. The second-order valence-corrected chi connectivity index (χ2v) is 8.51. The van der Waals surface area contributed by atoms with E-state index >= 15 is 0 Å². The summed E-state index contributed by atoms with van der Waals surface area (Å²) in [7, 11) is 0. The van der Waals surface area contributed by atoms with Gasteiger partial charge in [-0.05, 0) is 68.0 Å². The van der Waals surface area contributed by atoms with E-state index in [1.165, 1.54) is 12.1 Å². The van der Waals surface area contributed by atoms with Crippen LogP contribution in [0.25, 0.3) is 5.69 Å². The fraction of sp³-hybridized carbons (Fsp3) is 0.231. The normalized spacial score (nSPS) is 16.6. The number of rotatable bonds is 2. The van der Waals surface area contributed by atoms with Crippen LogP contribution in [0.1, 0.15) is 52.4 Å². The number of halogens is 1. The Labute approximate surface area is 185 Å². The van der Waals surface area contributed by atoms with Crippen molar-refractivity contribution in [2.75, 3.05) is 5.73 Å². The van der Waals surface area contributed by atoms with E-state index in [0.717, 1.165) is 70.7 Å². The van der Waals surface area contributed by atoms with Crippen molar-refractivity contribution in [3.8, 4) is 17.4 Å². The number of aromatic nitrogens is 3. The Balaban J connectivity index is 1.63. The Morgan fingerprint density at radius 2 is 1.75 bits per heavy atom. The van der Waals surface area contributed by atoms with Crippen molar-refractivity contribution in [3.05, 3.63) is 94.1 Å². The molecule has 1 atom stereocenters. The molecule has 5 nitrogen and oxygen atoms in total. The zero-order valence-corrected chi connectivity index (χ0v) is 17.8. The number of nitrogens with zero attached hydrogens (tertiary/aromatic N) is 3. The minimum absolute atomic E-state index is 0.230. The predicted octanol–water partition coefficient (Wildman–Crippen LogP) is 5.46. The van der Waals surface area contributed by atoms with Crippen LogP contribution in [0.15, 0.2) is 54.6 Å². The van der Waals surface area contributed by atoms with Gasteiger partial charge >= 0.3 is 0 Å². The Hall–Kier alpha value is -3.67. The Morgan fingerprint density at radius 1 is 1.00 bits per heavy atom. The average molecular weight is 426 g/mol. The molecule has 0 fully saturated rings. The van der Waals surface area contributed by atoms with Crippen molar-refractivity contribution in [3.63, 3.8) is 0 Å². The van der Waals surface area contributed by atoms with Gasteiger partial charge in [0.15, 0.2) is 0 Å². The smallest absolute Gasteiger partial charge is 0.229 e. The molecule has 6 heteroatoms. The van der Waals surface area contributed by atoms with E-state index in [4.69, 9.17) is 20.6 Å². The van der Waals surface area contributed by atoms with Crippen molar-refractivity contribution < 1.29 is 9.13 Å². The molecule has 1 aliphatic carbocycles. The molecule has 1 unspecified atom stereocenters. The molecule has 0 spiro atoms. The van der Waals surface area contributed by atoms with Gasteiger partial charge in [-0.25, -0.2) is 14.1 Å². The van der Waals surface area contributed by atoms with Gasteiger partial charge < -0.3 is 10.5 Å². The van der Waals surface area contributed by atoms with Gasteiger partial charge in [-0.1, -0.05) is 30.3 Å². The van der Waals surface area contributed by atoms with Crippen LogP contribution in [-0.4, -0.2) is 14.8 Å². The molecule has 32 heavy (non-hydrogen) atoms. The topological polar surface area (TPSA) is 66.0 Å². The van der Waals surface area contributed by atoms with Gasteiger partial charge in [0.2, 0.25) is 11.8 Å². The molecule has 0 radical (unpaired) electrons. The molecule has 2 aromatic heterocycles. The minimum atomic E-state index is -0.269. The molecular weight excluding hydrogens is 403 g/mol. The average Bonchev–Trinajstić information content (AvgIpc) is 3.15. The quantitative estimate of drug-likeness (QED) is 0.407. The van der Waals surface area contributed by atoms with Gasteiger partial charge in [0.1, 0.15) is 5.82 Å². The highest BCUT2D eigenvalue weighted by atomic mass is 19.1. The minimum Gasteiger partial charge on any atom is -0.420 e. The van der Waals surface area contributed by atoms with Gasteiger partial charge in [0.25, 0.3) is 0 Å². The molecule has 0 saturated carbocycles. The van der Waals surface area contributed by atoms with Crippen molar-refractivity contribution in [1.82, 2.24) is 14.8 Å². The molecule has 2 N–H and O–H groups in total. The van der Waals surface area contributed by atoms with Gasteiger partial charge in [-0.2, -0.15) is 5.10 Å². The Kier molecular flexibility index (Phi) is 4.28. The zero-order valence-electron chi connectivity index (χ0n) is 17.8. The van der Waals surface area contributed by atoms with Crippen LogP contribution >= 0.6 is 0 Å². The highest BCUT2D eigenvalue weighted by Gasteiger charge is 2.38. The molecule has 1 aliphatic heterocycles. The van der Waals surface area contributed by atoms with E-state index in [-0.39, 0.29) is 11.7 Å². The molecule has 0 bridgehead atoms. The number of hydrogen-bond acceptors (Lipinski definition) is 4. The zero-order chi connectivity index (χ0) is 21.8. The third-order valence-corrected chi connectivity index (χ3v) is 6.56. The van der Waals surface area contributed by atoms with E-state index in [2.05, 4.69) is 0 Å². The van der Waals surface area contributed by atoms with Crippen molar-refractivity contribution in [2.24, 2.45) is 0 Å². The number of pyridine rings is 1. The lowest BCUT2D eigenvalue weighted by Crippen LogP contribution is -2.20. The summed E-state index contributed by atoms with van der Waals surface area (Å²) in [6.45, 7) is 1.98. The molecule has 2 aliphatic rings. The molecule has 160 valence electrons. The number of fused-ring (bicyclic) bond motifs is 3. The SMILES string of the molecule is Cc1nn(-c2ccccc2)c2c1C(c1ccc(F)cc1)c1c(nc3c(c1N)CCCC3)O2. The third-order valence-electron chi connectivity index (χ3n) is 6.56. The van der Waals surface area contributed by atoms with Gasteiger partial charge in [-0.3, -0.25) is 0 Å². The molecule has 0 amide bonds. The lowest BCUT2D eigenvalue weighted by Gasteiger charge is -2.30. The monoisotopic (exact) mass is 426 g/mol. The number of nitrogens with two attached hydrogens (primary N) is 1. The molecule has 3 heterocycles. The van der Waals surface area contributed by atoms with Crippen LogP contribution < -0.4 is 10.5 Å². The summed E-state index contributed by atoms with van der Waals surface area (Å²) in [6, 6.07) is 16.5. The maximum Gasteiger partial charge on any atom is 0.229 e. The number of aryl methyl sites for hydroxylation is 2. The second kappa shape index (κ2) is 7.19. The largest absolute Gasteiger partial charge is 0.420 e. The molecular formula is C26H23FN4O. The van der Waals surface area contributed by atoms with Crippen LogP contribution in [0, 0.1) is 12.7 Å². The number of hydrogen-bond donors (Lipinski definition) is 1. The first-order valence-corrected chi connectivity index (χ1v) is 11.0. The van der Waals surface area contributed by atoms with Crippen LogP contribution in [0.3, 0.4) is 0 Å². The van der Waals surface area contributed by atoms with E-state index in [9.17, 15) is 4.39 Å². The highest BCUT2D eigenvalue weighted by molar-refractivity contribution is 5.69. The summed E-state index contributed by atoms with van der Waals surface area (Å²) >= 11 is 0. The van der Waals surface area contributed by atoms with Crippen LogP contribution in [0.2, 0.25) is 0 Å². The fourth-order valence-corrected chi connectivity index (χ4v) is 5.04. The Morgan fingerprint density at radius 3 is 2.53 bits per heavy atom. The first-order chi connectivity index (χ1) is 15.6. The van der Waals surface area contributed by atoms with Gasteiger partial charge in [0.05, 0.1) is 16.9 Å². The highest BCUT2D eigenvalue weighted by Crippen LogP contribution is 2.52. The molecule has 0 saturated heterocycles. The second-order valence-electron chi connectivity index (χ2n) is 8.51.